The van der Waals surface area contributed by atoms with E-state index in [1.165, 1.54) is 0 Å². The molecule has 0 aliphatic heterocycles. The van der Waals surface area contributed by atoms with E-state index in [-0.39, 0.29) is 11.8 Å². The highest BCUT2D eigenvalue weighted by Crippen LogP contribution is 2.18. The standard InChI is InChI=1S/C24H26N4O3/c1-31-22-8-6-20(7-9-22)24(30)28(15-3-12-25)17-18-4-2-5-21(16-18)27-23(29)19-10-13-26-14-11-19/h2,4-11,13-14,16H,3,12,15,17,25H2,1H3,(H,27,29). The van der Waals surface area contributed by atoms with Crippen molar-refractivity contribution in [3.63, 3.8) is 0 Å². The molecule has 0 saturated carbocycles. The average Bonchev–Trinajstić information content (AvgIpc) is 2.82. The highest BCUT2D eigenvalue weighted by Gasteiger charge is 2.16. The first-order valence-corrected chi connectivity index (χ1v) is 10.0. The predicted octanol–water partition coefficient (Wildman–Crippen LogP) is 3.33. The van der Waals surface area contributed by atoms with Crippen molar-refractivity contribution in [1.29, 1.82) is 0 Å². The number of nitrogens with two attached hydrogens (primary N) is 1. The van der Waals surface area contributed by atoms with Crippen molar-refractivity contribution >= 4 is 17.5 Å². The zero-order valence-electron chi connectivity index (χ0n) is 17.5. The molecular formula is C24H26N4O3. The molecule has 7 nitrogen and oxygen atoms in total. The molecule has 0 bridgehead atoms. The number of methoxy groups -OCH3 is 1. The van der Waals surface area contributed by atoms with E-state index in [0.29, 0.717) is 48.6 Å². The number of amides is 2. The number of pyridine rings is 1. The van der Waals surface area contributed by atoms with E-state index in [9.17, 15) is 9.59 Å². The molecule has 160 valence electrons. The van der Waals surface area contributed by atoms with Gasteiger partial charge in [0.15, 0.2) is 0 Å². The van der Waals surface area contributed by atoms with Crippen molar-refractivity contribution in [2.24, 2.45) is 5.73 Å². The summed E-state index contributed by atoms with van der Waals surface area (Å²) in [5, 5.41) is 2.88. The Morgan fingerprint density at radius 2 is 1.77 bits per heavy atom. The Labute approximate surface area is 181 Å². The minimum absolute atomic E-state index is 0.0812. The Hall–Kier alpha value is -3.71. The van der Waals surface area contributed by atoms with Crippen LogP contribution in [-0.2, 0) is 6.54 Å². The maximum Gasteiger partial charge on any atom is 0.255 e. The van der Waals surface area contributed by atoms with Gasteiger partial charge in [-0.3, -0.25) is 14.6 Å². The van der Waals surface area contributed by atoms with Crippen molar-refractivity contribution in [2.75, 3.05) is 25.5 Å². The molecule has 3 aromatic rings. The van der Waals surface area contributed by atoms with Gasteiger partial charge >= 0.3 is 0 Å². The van der Waals surface area contributed by atoms with Gasteiger partial charge in [0.2, 0.25) is 0 Å². The van der Waals surface area contributed by atoms with Gasteiger partial charge in [0.05, 0.1) is 7.11 Å². The van der Waals surface area contributed by atoms with E-state index >= 15 is 0 Å². The second-order valence-electron chi connectivity index (χ2n) is 6.99. The molecule has 0 aliphatic carbocycles. The third kappa shape index (κ3) is 6.13. The molecule has 3 N–H and O–H groups in total. The molecule has 0 atom stereocenters. The Bertz CT molecular complexity index is 1010. The number of ether oxygens (including phenoxy) is 1. The first kappa shape index (κ1) is 22.0. The SMILES string of the molecule is COc1ccc(C(=O)N(CCCN)Cc2cccc(NC(=O)c3ccncc3)c2)cc1. The van der Waals surface area contributed by atoms with Crippen LogP contribution < -0.4 is 15.8 Å². The third-order valence-electron chi connectivity index (χ3n) is 4.76. The van der Waals surface area contributed by atoms with E-state index in [4.69, 9.17) is 10.5 Å². The lowest BCUT2D eigenvalue weighted by Crippen LogP contribution is -2.32. The summed E-state index contributed by atoms with van der Waals surface area (Å²) in [6.07, 6.45) is 3.84. The van der Waals surface area contributed by atoms with E-state index in [1.54, 1.807) is 60.8 Å². The summed E-state index contributed by atoms with van der Waals surface area (Å²) in [6, 6.07) is 17.8. The van der Waals surface area contributed by atoms with Gasteiger partial charge in [0.25, 0.3) is 11.8 Å². The topological polar surface area (TPSA) is 97.5 Å². The van der Waals surface area contributed by atoms with Crippen LogP contribution in [0, 0.1) is 0 Å². The lowest BCUT2D eigenvalue weighted by Gasteiger charge is -2.23. The largest absolute Gasteiger partial charge is 0.497 e. The third-order valence-corrected chi connectivity index (χ3v) is 4.76. The molecule has 0 saturated heterocycles. The number of anilines is 1. The summed E-state index contributed by atoms with van der Waals surface area (Å²) >= 11 is 0. The minimum atomic E-state index is -0.214. The smallest absolute Gasteiger partial charge is 0.255 e. The van der Waals surface area contributed by atoms with Crippen LogP contribution in [0.2, 0.25) is 0 Å². The molecule has 7 heteroatoms. The first-order chi connectivity index (χ1) is 15.1. The molecule has 31 heavy (non-hydrogen) atoms. The van der Waals surface area contributed by atoms with Crippen LogP contribution in [0.5, 0.6) is 5.75 Å². The van der Waals surface area contributed by atoms with E-state index in [0.717, 1.165) is 5.56 Å². The van der Waals surface area contributed by atoms with Crippen LogP contribution in [0.15, 0.2) is 73.1 Å². The fourth-order valence-electron chi connectivity index (χ4n) is 3.13. The molecule has 0 aliphatic rings. The van der Waals surface area contributed by atoms with Crippen LogP contribution in [0.4, 0.5) is 5.69 Å². The van der Waals surface area contributed by atoms with Crippen LogP contribution >= 0.6 is 0 Å². The molecule has 0 radical (unpaired) electrons. The molecule has 0 unspecified atom stereocenters. The van der Waals surface area contributed by atoms with Crippen molar-refractivity contribution in [3.05, 3.63) is 89.7 Å². The maximum atomic E-state index is 13.1. The second kappa shape index (κ2) is 10.9. The zero-order chi connectivity index (χ0) is 22.1. The molecule has 1 heterocycles. The van der Waals surface area contributed by atoms with Crippen LogP contribution in [0.1, 0.15) is 32.7 Å². The van der Waals surface area contributed by atoms with E-state index in [1.807, 2.05) is 24.3 Å². The second-order valence-corrected chi connectivity index (χ2v) is 6.99. The summed E-state index contributed by atoms with van der Waals surface area (Å²) in [6.45, 7) is 1.44. The molecule has 3 rings (SSSR count). The van der Waals surface area contributed by atoms with Crippen molar-refractivity contribution in [2.45, 2.75) is 13.0 Å². The first-order valence-electron chi connectivity index (χ1n) is 10.0. The maximum absolute atomic E-state index is 13.1. The van der Waals surface area contributed by atoms with Gasteiger partial charge in [-0.25, -0.2) is 0 Å². The predicted molar refractivity (Wildman–Crippen MR) is 120 cm³/mol. The Morgan fingerprint density at radius 1 is 1.03 bits per heavy atom. The summed E-state index contributed by atoms with van der Waals surface area (Å²) in [5.74, 6) is 0.402. The lowest BCUT2D eigenvalue weighted by molar-refractivity contribution is 0.0742. The van der Waals surface area contributed by atoms with Crippen molar-refractivity contribution in [3.8, 4) is 5.75 Å². The summed E-state index contributed by atoms with van der Waals surface area (Å²) in [4.78, 5) is 31.2. The monoisotopic (exact) mass is 418 g/mol. The summed E-state index contributed by atoms with van der Waals surface area (Å²) in [5.41, 5.74) is 8.36. The fourth-order valence-corrected chi connectivity index (χ4v) is 3.13. The zero-order valence-corrected chi connectivity index (χ0v) is 17.5. The average molecular weight is 418 g/mol. The molecule has 1 aromatic heterocycles. The molecule has 0 fully saturated rings. The highest BCUT2D eigenvalue weighted by atomic mass is 16.5. The summed E-state index contributed by atoms with van der Waals surface area (Å²) < 4.78 is 5.17. The number of benzene rings is 2. The number of hydrogen-bond acceptors (Lipinski definition) is 5. The summed E-state index contributed by atoms with van der Waals surface area (Å²) in [7, 11) is 1.59. The van der Waals surface area contributed by atoms with Crippen LogP contribution in [-0.4, -0.2) is 41.9 Å². The minimum Gasteiger partial charge on any atom is -0.497 e. The normalized spacial score (nSPS) is 10.4. The van der Waals surface area contributed by atoms with E-state index < -0.39 is 0 Å². The van der Waals surface area contributed by atoms with Crippen molar-refractivity contribution < 1.29 is 14.3 Å². The van der Waals surface area contributed by atoms with Crippen molar-refractivity contribution in [1.82, 2.24) is 9.88 Å². The molecule has 2 aromatic carbocycles. The van der Waals surface area contributed by atoms with Crippen LogP contribution in [0.3, 0.4) is 0 Å². The van der Waals surface area contributed by atoms with E-state index in [2.05, 4.69) is 10.3 Å². The number of carbonyl (C=O) groups is 2. The van der Waals surface area contributed by atoms with Crippen LogP contribution in [0.25, 0.3) is 0 Å². The lowest BCUT2D eigenvalue weighted by atomic mass is 10.1. The number of nitrogens with zero attached hydrogens (tertiary/aromatic N) is 2. The van der Waals surface area contributed by atoms with Gasteiger partial charge in [-0.05, 0) is 67.1 Å². The Kier molecular flexibility index (Phi) is 7.73. The van der Waals surface area contributed by atoms with Gasteiger partial charge in [-0.1, -0.05) is 12.1 Å². The number of aromatic nitrogens is 1. The van der Waals surface area contributed by atoms with Gasteiger partial charge < -0.3 is 20.7 Å². The van der Waals surface area contributed by atoms with Gasteiger partial charge in [0, 0.05) is 42.3 Å². The fraction of sp³-hybridized carbons (Fsp3) is 0.208. The van der Waals surface area contributed by atoms with Gasteiger partial charge in [-0.15, -0.1) is 0 Å². The molecule has 0 spiro atoms. The quantitative estimate of drug-likeness (QED) is 0.555. The molecular weight excluding hydrogens is 392 g/mol. The number of carbonyl (C=O) groups excluding carboxylic acids is 2. The number of rotatable bonds is 9. The number of hydrogen-bond donors (Lipinski definition) is 2. The Morgan fingerprint density at radius 3 is 2.45 bits per heavy atom. The van der Waals surface area contributed by atoms with Gasteiger partial charge in [-0.2, -0.15) is 0 Å². The Balaban J connectivity index is 1.74. The highest BCUT2D eigenvalue weighted by molar-refractivity contribution is 6.04. The van der Waals surface area contributed by atoms with Gasteiger partial charge in [0.1, 0.15) is 5.75 Å². The number of nitrogens with one attached hydrogen (secondary N) is 1. The molecule has 2 amide bonds.